The Balaban J connectivity index is 1.53. The van der Waals surface area contributed by atoms with Crippen molar-refractivity contribution in [2.45, 2.75) is 57.9 Å². The molecule has 0 saturated heterocycles. The van der Waals surface area contributed by atoms with Gasteiger partial charge in [0.1, 0.15) is 17.4 Å². The molecule has 0 unspecified atom stereocenters. The maximum absolute atomic E-state index is 13.8. The first-order valence-corrected chi connectivity index (χ1v) is 12.0. The van der Waals surface area contributed by atoms with Gasteiger partial charge in [-0.15, -0.1) is 0 Å². The molecule has 176 valence electrons. The molecule has 1 N–H and O–H groups in total. The molecule has 2 heterocycles. The molecule has 2 aromatic heterocycles. The quantitative estimate of drug-likeness (QED) is 0.336. The Kier molecular flexibility index (Phi) is 6.18. The molecule has 0 radical (unpaired) electrons. The van der Waals surface area contributed by atoms with Gasteiger partial charge in [0.25, 0.3) is 0 Å². The number of nitrogens with zero attached hydrogens (tertiary/aromatic N) is 4. The van der Waals surface area contributed by atoms with E-state index < -0.39 is 0 Å². The van der Waals surface area contributed by atoms with E-state index in [-0.39, 0.29) is 11.9 Å². The fraction of sp³-hybridized carbons (Fsp3) is 0.370. The maximum atomic E-state index is 13.8. The molecule has 6 nitrogen and oxygen atoms in total. The van der Waals surface area contributed by atoms with Crippen molar-refractivity contribution in [2.75, 3.05) is 12.4 Å². The van der Waals surface area contributed by atoms with Crippen LogP contribution in [0.25, 0.3) is 22.0 Å². The summed E-state index contributed by atoms with van der Waals surface area (Å²) >= 11 is 0. The summed E-state index contributed by atoms with van der Waals surface area (Å²) in [6.07, 6.45) is 8.06. The molecular weight excluding hydrogens is 429 g/mol. The number of anilines is 2. The van der Waals surface area contributed by atoms with Crippen LogP contribution in [0.15, 0.2) is 48.7 Å². The molecule has 34 heavy (non-hydrogen) atoms. The summed E-state index contributed by atoms with van der Waals surface area (Å²) in [4.78, 5) is 9.42. The molecule has 0 spiro atoms. The second-order valence-electron chi connectivity index (χ2n) is 9.23. The lowest BCUT2D eigenvalue weighted by molar-refractivity contribution is 0.413. The summed E-state index contributed by atoms with van der Waals surface area (Å²) in [6.45, 7) is 4.26. The molecule has 1 saturated carbocycles. The first-order valence-electron chi connectivity index (χ1n) is 12.0. The molecule has 2 aromatic carbocycles. The molecule has 1 aliphatic carbocycles. The van der Waals surface area contributed by atoms with Gasteiger partial charge in [0.05, 0.1) is 18.3 Å². The summed E-state index contributed by atoms with van der Waals surface area (Å²) in [6, 6.07) is 12.8. The molecule has 0 atom stereocenters. The highest BCUT2D eigenvalue weighted by Crippen LogP contribution is 2.36. The Bertz CT molecular complexity index is 1310. The highest BCUT2D eigenvalue weighted by Gasteiger charge is 2.21. The number of nitrogens with one attached hydrogen (secondary N) is 1. The lowest BCUT2D eigenvalue weighted by atomic mass is 9.87. The average molecular weight is 460 g/mol. The van der Waals surface area contributed by atoms with Crippen molar-refractivity contribution in [3.63, 3.8) is 0 Å². The van der Waals surface area contributed by atoms with Crippen molar-refractivity contribution < 1.29 is 9.13 Å². The Morgan fingerprint density at radius 3 is 2.65 bits per heavy atom. The zero-order valence-corrected chi connectivity index (χ0v) is 19.9. The number of hydrogen-bond donors (Lipinski definition) is 1. The lowest BCUT2D eigenvalue weighted by Gasteiger charge is -2.19. The van der Waals surface area contributed by atoms with Gasteiger partial charge in [-0.25, -0.2) is 19.0 Å². The third kappa shape index (κ3) is 4.34. The van der Waals surface area contributed by atoms with E-state index in [4.69, 9.17) is 14.8 Å². The monoisotopic (exact) mass is 459 g/mol. The van der Waals surface area contributed by atoms with Crippen LogP contribution >= 0.6 is 0 Å². The number of hydrogen-bond acceptors (Lipinski definition) is 5. The lowest BCUT2D eigenvalue weighted by Crippen LogP contribution is -2.10. The van der Waals surface area contributed by atoms with E-state index in [0.717, 1.165) is 33.5 Å². The topological polar surface area (TPSA) is 64.9 Å². The number of aromatic nitrogens is 4. The fourth-order valence-electron chi connectivity index (χ4n) is 4.83. The van der Waals surface area contributed by atoms with Crippen molar-refractivity contribution in [3.05, 3.63) is 60.2 Å². The van der Waals surface area contributed by atoms with Gasteiger partial charge in [-0.2, -0.15) is 5.10 Å². The molecule has 0 amide bonds. The smallest absolute Gasteiger partial charge is 0.228 e. The normalized spacial score (nSPS) is 14.6. The average Bonchev–Trinajstić information content (AvgIpc) is 3.28. The molecule has 0 aliphatic heterocycles. The molecule has 1 fully saturated rings. The van der Waals surface area contributed by atoms with Crippen LogP contribution in [-0.2, 0) is 0 Å². The van der Waals surface area contributed by atoms with E-state index in [1.165, 1.54) is 44.2 Å². The van der Waals surface area contributed by atoms with Crippen LogP contribution in [0.4, 0.5) is 16.2 Å². The van der Waals surface area contributed by atoms with E-state index in [1.54, 1.807) is 13.2 Å². The van der Waals surface area contributed by atoms with E-state index in [9.17, 15) is 4.39 Å². The minimum atomic E-state index is -0.339. The highest BCUT2D eigenvalue weighted by molar-refractivity contribution is 5.95. The van der Waals surface area contributed by atoms with Crippen LogP contribution in [0.1, 0.15) is 63.6 Å². The minimum absolute atomic E-state index is 0.208. The fourth-order valence-corrected chi connectivity index (χ4v) is 4.83. The second kappa shape index (κ2) is 9.41. The Labute approximate surface area is 199 Å². The number of ether oxygens (including phenoxy) is 1. The van der Waals surface area contributed by atoms with E-state index in [2.05, 4.69) is 30.2 Å². The molecular formula is C27H30FN5O. The minimum Gasteiger partial charge on any atom is -0.496 e. The number of para-hydroxylation sites is 1. The second-order valence-corrected chi connectivity index (χ2v) is 9.23. The zero-order chi connectivity index (χ0) is 23.7. The Morgan fingerprint density at radius 2 is 1.88 bits per heavy atom. The van der Waals surface area contributed by atoms with Crippen molar-refractivity contribution in [2.24, 2.45) is 0 Å². The Hall–Kier alpha value is -3.48. The first-order chi connectivity index (χ1) is 16.5. The summed E-state index contributed by atoms with van der Waals surface area (Å²) in [5.74, 6) is 2.04. The van der Waals surface area contributed by atoms with Crippen LogP contribution in [-0.4, -0.2) is 26.9 Å². The van der Waals surface area contributed by atoms with E-state index in [1.807, 2.05) is 29.1 Å². The number of rotatable bonds is 6. The van der Waals surface area contributed by atoms with Gasteiger partial charge < -0.3 is 10.1 Å². The van der Waals surface area contributed by atoms with Crippen LogP contribution in [0.3, 0.4) is 0 Å². The summed E-state index contributed by atoms with van der Waals surface area (Å²) < 4.78 is 21.3. The number of benzene rings is 2. The van der Waals surface area contributed by atoms with Gasteiger partial charge in [-0.3, -0.25) is 0 Å². The van der Waals surface area contributed by atoms with Crippen molar-refractivity contribution in [1.29, 1.82) is 0 Å². The van der Waals surface area contributed by atoms with Crippen molar-refractivity contribution in [3.8, 4) is 16.9 Å². The first kappa shape index (κ1) is 22.3. The van der Waals surface area contributed by atoms with E-state index >= 15 is 0 Å². The SMILES string of the molecule is COc1cc(F)ccc1-c1cccc2cnc(Nc3cc(C4CCCCC4)nn3C(C)C)nc12. The molecule has 5 rings (SSSR count). The highest BCUT2D eigenvalue weighted by atomic mass is 19.1. The van der Waals surface area contributed by atoms with Gasteiger partial charge in [-0.1, -0.05) is 37.5 Å². The van der Waals surface area contributed by atoms with Gasteiger partial charge in [0.2, 0.25) is 5.95 Å². The molecule has 1 aliphatic rings. The standard InChI is InChI=1S/C27H30FN5O/c1-17(2)33-25(15-23(32-33)18-8-5-4-6-9-18)30-27-29-16-19-10-7-11-22(26(19)31-27)21-13-12-20(28)14-24(21)34-3/h7,10-18H,4-6,8-9H2,1-3H3,(H,29,30,31). The van der Waals surface area contributed by atoms with Gasteiger partial charge in [-0.05, 0) is 38.8 Å². The molecule has 4 aromatic rings. The zero-order valence-electron chi connectivity index (χ0n) is 19.9. The van der Waals surface area contributed by atoms with Gasteiger partial charge in [0, 0.05) is 46.8 Å². The van der Waals surface area contributed by atoms with Crippen LogP contribution in [0.2, 0.25) is 0 Å². The van der Waals surface area contributed by atoms with Crippen LogP contribution in [0.5, 0.6) is 5.75 Å². The maximum Gasteiger partial charge on any atom is 0.228 e. The molecule has 7 heteroatoms. The predicted molar refractivity (Wildman–Crippen MR) is 133 cm³/mol. The number of fused-ring (bicyclic) bond motifs is 1. The predicted octanol–water partition coefficient (Wildman–Crippen LogP) is 7.01. The van der Waals surface area contributed by atoms with Gasteiger partial charge >= 0.3 is 0 Å². The summed E-state index contributed by atoms with van der Waals surface area (Å²) in [5.41, 5.74) is 3.56. The molecule has 0 bridgehead atoms. The third-order valence-corrected chi connectivity index (χ3v) is 6.57. The summed E-state index contributed by atoms with van der Waals surface area (Å²) in [5, 5.41) is 9.24. The third-order valence-electron chi connectivity index (χ3n) is 6.57. The van der Waals surface area contributed by atoms with Crippen molar-refractivity contribution >= 4 is 22.7 Å². The van der Waals surface area contributed by atoms with Crippen LogP contribution in [0, 0.1) is 5.82 Å². The Morgan fingerprint density at radius 1 is 1.06 bits per heavy atom. The van der Waals surface area contributed by atoms with Gasteiger partial charge in [0.15, 0.2) is 0 Å². The summed E-state index contributed by atoms with van der Waals surface area (Å²) in [7, 11) is 1.54. The number of methoxy groups -OCH3 is 1. The van der Waals surface area contributed by atoms with Crippen LogP contribution < -0.4 is 10.1 Å². The van der Waals surface area contributed by atoms with Crippen molar-refractivity contribution in [1.82, 2.24) is 19.7 Å². The largest absolute Gasteiger partial charge is 0.496 e. The van der Waals surface area contributed by atoms with E-state index in [0.29, 0.717) is 17.6 Å². The number of halogens is 1.